The van der Waals surface area contributed by atoms with E-state index in [1.807, 2.05) is 36.6 Å². The predicted molar refractivity (Wildman–Crippen MR) is 112 cm³/mol. The number of hydrogen-bond acceptors (Lipinski definition) is 5. The highest BCUT2D eigenvalue weighted by atomic mass is 32.1. The fourth-order valence-electron chi connectivity index (χ4n) is 3.00. The first-order chi connectivity index (χ1) is 14.1. The molecule has 1 atom stereocenters. The number of carbonyl (C=O) groups excluding carboxylic acids is 2. The van der Waals surface area contributed by atoms with Crippen molar-refractivity contribution in [3.05, 3.63) is 76.0 Å². The van der Waals surface area contributed by atoms with Gasteiger partial charge in [-0.1, -0.05) is 12.1 Å². The van der Waals surface area contributed by atoms with Crippen molar-refractivity contribution in [1.29, 1.82) is 0 Å². The van der Waals surface area contributed by atoms with Gasteiger partial charge in [0.2, 0.25) is 0 Å². The smallest absolute Gasteiger partial charge is 0.265 e. The van der Waals surface area contributed by atoms with Gasteiger partial charge in [-0.25, -0.2) is 0 Å². The van der Waals surface area contributed by atoms with E-state index in [0.717, 1.165) is 11.3 Å². The normalized spacial score (nSPS) is 13.4. The average molecular weight is 408 g/mol. The SMILES string of the molecule is CC(NC(=O)c1ccc(NC(=O)c2cccs2)cc1)c1ccc2c(c1)OCCO2. The van der Waals surface area contributed by atoms with Crippen LogP contribution in [0.4, 0.5) is 5.69 Å². The number of anilines is 1. The lowest BCUT2D eigenvalue weighted by atomic mass is 10.1. The van der Waals surface area contributed by atoms with Crippen molar-refractivity contribution in [2.24, 2.45) is 0 Å². The lowest BCUT2D eigenvalue weighted by Crippen LogP contribution is -2.26. The number of hydrogen-bond donors (Lipinski definition) is 2. The van der Waals surface area contributed by atoms with E-state index in [9.17, 15) is 9.59 Å². The van der Waals surface area contributed by atoms with Gasteiger partial charge in [0.15, 0.2) is 11.5 Å². The summed E-state index contributed by atoms with van der Waals surface area (Å²) in [6, 6.07) is 15.9. The Labute approximate surface area is 172 Å². The van der Waals surface area contributed by atoms with Crippen molar-refractivity contribution in [2.45, 2.75) is 13.0 Å². The van der Waals surface area contributed by atoms with Gasteiger partial charge in [-0.3, -0.25) is 9.59 Å². The molecule has 7 heteroatoms. The van der Waals surface area contributed by atoms with Gasteiger partial charge in [-0.15, -0.1) is 11.3 Å². The van der Waals surface area contributed by atoms with Crippen molar-refractivity contribution in [2.75, 3.05) is 18.5 Å². The monoisotopic (exact) mass is 408 g/mol. The fourth-order valence-corrected chi connectivity index (χ4v) is 3.62. The standard InChI is InChI=1S/C22H20N2O4S/c1-14(16-6-9-18-19(13-16)28-11-10-27-18)23-21(25)15-4-7-17(8-5-15)24-22(26)20-3-2-12-29-20/h2-9,12-14H,10-11H2,1H3,(H,23,25)(H,24,26). The maximum absolute atomic E-state index is 12.6. The van der Waals surface area contributed by atoms with Crippen molar-refractivity contribution in [3.8, 4) is 11.5 Å². The van der Waals surface area contributed by atoms with E-state index >= 15 is 0 Å². The Bertz CT molecular complexity index is 1020. The minimum absolute atomic E-state index is 0.163. The van der Waals surface area contributed by atoms with Gasteiger partial charge in [-0.2, -0.15) is 0 Å². The molecule has 3 aromatic rings. The van der Waals surface area contributed by atoms with Gasteiger partial charge in [0.05, 0.1) is 10.9 Å². The molecule has 0 aliphatic carbocycles. The van der Waals surface area contributed by atoms with Crippen molar-refractivity contribution < 1.29 is 19.1 Å². The molecule has 4 rings (SSSR count). The molecule has 1 unspecified atom stereocenters. The number of benzene rings is 2. The largest absolute Gasteiger partial charge is 0.486 e. The highest BCUT2D eigenvalue weighted by Crippen LogP contribution is 2.32. The molecule has 0 spiro atoms. The Morgan fingerprint density at radius 2 is 1.72 bits per heavy atom. The quantitative estimate of drug-likeness (QED) is 0.661. The summed E-state index contributed by atoms with van der Waals surface area (Å²) in [4.78, 5) is 25.3. The van der Waals surface area contributed by atoms with Crippen LogP contribution in [0.3, 0.4) is 0 Å². The zero-order valence-electron chi connectivity index (χ0n) is 15.8. The Morgan fingerprint density at radius 3 is 2.45 bits per heavy atom. The molecule has 1 aliphatic rings. The molecule has 1 aliphatic heterocycles. The summed E-state index contributed by atoms with van der Waals surface area (Å²) in [5.74, 6) is 1.06. The molecule has 0 bridgehead atoms. The number of thiophene rings is 1. The molecule has 1 aromatic heterocycles. The Balaban J connectivity index is 1.38. The summed E-state index contributed by atoms with van der Waals surface area (Å²) in [5, 5.41) is 7.65. The van der Waals surface area contributed by atoms with E-state index in [1.54, 1.807) is 30.3 Å². The average Bonchev–Trinajstić information content (AvgIpc) is 3.29. The van der Waals surface area contributed by atoms with Crippen LogP contribution in [0.2, 0.25) is 0 Å². The van der Waals surface area contributed by atoms with Gasteiger partial charge < -0.3 is 20.1 Å². The Morgan fingerprint density at radius 1 is 0.966 bits per heavy atom. The van der Waals surface area contributed by atoms with E-state index in [1.165, 1.54) is 11.3 Å². The molecule has 0 saturated carbocycles. The molecule has 0 fully saturated rings. The lowest BCUT2D eigenvalue weighted by Gasteiger charge is -2.21. The van der Waals surface area contributed by atoms with E-state index < -0.39 is 0 Å². The summed E-state index contributed by atoms with van der Waals surface area (Å²) in [6.07, 6.45) is 0. The number of rotatable bonds is 5. The number of amides is 2. The van der Waals surface area contributed by atoms with E-state index in [2.05, 4.69) is 10.6 Å². The third-order valence-corrected chi connectivity index (χ3v) is 5.43. The van der Waals surface area contributed by atoms with Crippen LogP contribution in [-0.2, 0) is 0 Å². The third-order valence-electron chi connectivity index (χ3n) is 4.56. The molecule has 2 aromatic carbocycles. The van der Waals surface area contributed by atoms with Crippen molar-refractivity contribution in [3.63, 3.8) is 0 Å². The maximum atomic E-state index is 12.6. The molecule has 2 amide bonds. The summed E-state index contributed by atoms with van der Waals surface area (Å²) in [5.41, 5.74) is 2.09. The molecule has 0 radical (unpaired) electrons. The first-order valence-electron chi connectivity index (χ1n) is 9.25. The number of nitrogens with one attached hydrogen (secondary N) is 2. The van der Waals surface area contributed by atoms with Crippen LogP contribution in [0.15, 0.2) is 60.0 Å². The van der Waals surface area contributed by atoms with E-state index in [4.69, 9.17) is 9.47 Å². The number of carbonyl (C=O) groups is 2. The van der Waals surface area contributed by atoms with Crippen LogP contribution < -0.4 is 20.1 Å². The van der Waals surface area contributed by atoms with Gasteiger partial charge >= 0.3 is 0 Å². The summed E-state index contributed by atoms with van der Waals surface area (Å²) >= 11 is 1.38. The zero-order chi connectivity index (χ0) is 20.2. The summed E-state index contributed by atoms with van der Waals surface area (Å²) in [7, 11) is 0. The van der Waals surface area contributed by atoms with Crippen LogP contribution in [0.5, 0.6) is 11.5 Å². The highest BCUT2D eigenvalue weighted by molar-refractivity contribution is 7.12. The molecule has 29 heavy (non-hydrogen) atoms. The number of ether oxygens (including phenoxy) is 2. The van der Waals surface area contributed by atoms with Gasteiger partial charge in [0.25, 0.3) is 11.8 Å². The van der Waals surface area contributed by atoms with E-state index in [-0.39, 0.29) is 17.9 Å². The number of fused-ring (bicyclic) bond motifs is 1. The maximum Gasteiger partial charge on any atom is 0.265 e. The molecule has 0 saturated heterocycles. The van der Waals surface area contributed by atoms with Crippen LogP contribution in [0, 0.1) is 0 Å². The predicted octanol–water partition coefficient (Wildman–Crippen LogP) is 4.26. The molecule has 2 N–H and O–H groups in total. The van der Waals surface area contributed by atoms with E-state index in [0.29, 0.717) is 35.1 Å². The second-order valence-electron chi connectivity index (χ2n) is 6.61. The van der Waals surface area contributed by atoms with Crippen molar-refractivity contribution >= 4 is 28.8 Å². The van der Waals surface area contributed by atoms with Crippen LogP contribution in [0.25, 0.3) is 0 Å². The molecular formula is C22H20N2O4S. The Kier molecular flexibility index (Phi) is 5.48. The first kappa shape index (κ1) is 19.0. The second kappa shape index (κ2) is 8.36. The molecule has 6 nitrogen and oxygen atoms in total. The topological polar surface area (TPSA) is 76.7 Å². The highest BCUT2D eigenvalue weighted by Gasteiger charge is 2.16. The minimum Gasteiger partial charge on any atom is -0.486 e. The van der Waals surface area contributed by atoms with Gasteiger partial charge in [-0.05, 0) is 60.3 Å². The van der Waals surface area contributed by atoms with Gasteiger partial charge in [0, 0.05) is 11.3 Å². The second-order valence-corrected chi connectivity index (χ2v) is 7.55. The summed E-state index contributed by atoms with van der Waals surface area (Å²) in [6.45, 7) is 2.98. The zero-order valence-corrected chi connectivity index (χ0v) is 16.6. The minimum atomic E-state index is -0.198. The molecule has 148 valence electrons. The summed E-state index contributed by atoms with van der Waals surface area (Å²) < 4.78 is 11.1. The fraction of sp³-hybridized carbons (Fsp3) is 0.182. The van der Waals surface area contributed by atoms with Crippen LogP contribution >= 0.6 is 11.3 Å². The van der Waals surface area contributed by atoms with Crippen molar-refractivity contribution in [1.82, 2.24) is 5.32 Å². The molecule has 2 heterocycles. The first-order valence-corrected chi connectivity index (χ1v) is 10.1. The van der Waals surface area contributed by atoms with Gasteiger partial charge in [0.1, 0.15) is 13.2 Å². The third kappa shape index (κ3) is 4.41. The Hall–Kier alpha value is -3.32. The lowest BCUT2D eigenvalue weighted by molar-refractivity contribution is 0.0939. The van der Waals surface area contributed by atoms with Crippen LogP contribution in [0.1, 0.15) is 38.6 Å². The van der Waals surface area contributed by atoms with Crippen LogP contribution in [-0.4, -0.2) is 25.0 Å². The molecular weight excluding hydrogens is 388 g/mol.